The van der Waals surface area contributed by atoms with E-state index < -0.39 is 37.9 Å². The molecule has 1 unspecified atom stereocenters. The Morgan fingerprint density at radius 1 is 0.694 bits per heavy atom. The van der Waals surface area contributed by atoms with E-state index in [0.717, 1.165) is 51.4 Å². The van der Waals surface area contributed by atoms with Gasteiger partial charge in [-0.3, -0.25) is 4.79 Å². The van der Waals surface area contributed by atoms with Crippen LogP contribution in [0.15, 0.2) is 12.2 Å². The first-order chi connectivity index (χ1) is 29.5. The van der Waals surface area contributed by atoms with Crippen LogP contribution < -0.4 is 4.89 Å². The fourth-order valence-electron chi connectivity index (χ4n) is 8.74. The van der Waals surface area contributed by atoms with Gasteiger partial charge in [-0.2, -0.15) is 9.05 Å². The molecule has 1 heterocycles. The Labute approximate surface area is 381 Å². The van der Waals surface area contributed by atoms with Crippen LogP contribution in [0.25, 0.3) is 0 Å². The van der Waals surface area contributed by atoms with Gasteiger partial charge >= 0.3 is 20.1 Å². The summed E-state index contributed by atoms with van der Waals surface area (Å²) in [5, 5.41) is 14.1. The Balaban J connectivity index is 2.53. The molecule has 0 aliphatic carbocycles. The fourth-order valence-corrected chi connectivity index (χ4v) is 9.47. The molecule has 1 fully saturated rings. The van der Waals surface area contributed by atoms with Gasteiger partial charge in [-0.15, -0.1) is 0 Å². The Morgan fingerprint density at radius 2 is 1.11 bits per heavy atom. The predicted molar refractivity (Wildman–Crippen MR) is 255 cm³/mol. The van der Waals surface area contributed by atoms with Gasteiger partial charge in [0, 0.05) is 35.2 Å². The van der Waals surface area contributed by atoms with Crippen LogP contribution in [0.2, 0.25) is 0 Å². The molecule has 1 aliphatic rings. The normalized spacial score (nSPS) is 17.3. The van der Waals surface area contributed by atoms with Crippen molar-refractivity contribution in [2.24, 2.45) is 0 Å². The molecule has 1 radical (unpaired) electrons. The molecule has 0 spiro atoms. The number of ether oxygens (including phenoxy) is 2. The van der Waals surface area contributed by atoms with Crippen molar-refractivity contribution in [1.82, 2.24) is 5.06 Å². The minimum atomic E-state index is -4.76. The summed E-state index contributed by atoms with van der Waals surface area (Å²) in [7, 11) is -0.703. The first-order valence-corrected chi connectivity index (χ1v) is 26.8. The number of esters is 2. The van der Waals surface area contributed by atoms with Gasteiger partial charge < -0.3 is 33.9 Å². The first kappa shape index (κ1) is 58.8. The number of hydrogen-bond donors (Lipinski definition) is 0. The van der Waals surface area contributed by atoms with Crippen molar-refractivity contribution in [3.05, 3.63) is 17.4 Å². The van der Waals surface area contributed by atoms with Gasteiger partial charge in [0.2, 0.25) is 6.61 Å². The first-order valence-electron chi connectivity index (χ1n) is 25.4. The molecule has 0 aromatic carbocycles. The number of unbranched alkanes of at least 4 members (excludes halogenated alkanes) is 23. The summed E-state index contributed by atoms with van der Waals surface area (Å²) < 4.78 is 22.3. The zero-order valence-corrected chi connectivity index (χ0v) is 42.3. The minimum Gasteiger partial charge on any atom is -0.784 e. The van der Waals surface area contributed by atoms with Crippen molar-refractivity contribution in [3.63, 3.8) is 0 Å². The Morgan fingerprint density at radius 3 is 1.58 bits per heavy atom. The van der Waals surface area contributed by atoms with E-state index in [0.29, 0.717) is 36.7 Å². The van der Waals surface area contributed by atoms with Crippen molar-refractivity contribution in [2.45, 2.75) is 257 Å². The van der Waals surface area contributed by atoms with Crippen LogP contribution in [0.1, 0.15) is 234 Å². The second-order valence-corrected chi connectivity index (χ2v) is 21.6. The highest BCUT2D eigenvalue weighted by Crippen LogP contribution is 2.49. The number of allylic oxidation sites excluding steroid dienone is 2. The molecule has 11 nitrogen and oxygen atoms in total. The summed E-state index contributed by atoms with van der Waals surface area (Å²) in [5.74, 6) is -0.603. The Hall–Kier alpha value is -1.17. The highest BCUT2D eigenvalue weighted by Gasteiger charge is 2.46. The summed E-state index contributed by atoms with van der Waals surface area (Å²) in [6.45, 7) is 11.9. The molecule has 1 aliphatic heterocycles. The second kappa shape index (κ2) is 34.2. The standard InChI is InChI=1S/C50H96N2O9P/c1-9-11-13-15-17-19-21-23-24-26-28-30-32-34-36-38-48(54)61-46(43-58-47(53)37-35-33-31-29-27-25-22-20-18-16-14-12-10-2)44-60-62(56,57)59-40-39-52(7,8)45-41-49(3,4)51(55)50(5,6)42-45/h23-24,45-46H,9-22,25-44H2,1-8H3/p+1/b24-23-. The maximum absolute atomic E-state index is 12.9. The summed E-state index contributed by atoms with van der Waals surface area (Å²) in [4.78, 5) is 49.3. The third kappa shape index (κ3) is 29.4. The second-order valence-electron chi connectivity index (χ2n) is 20.2. The van der Waals surface area contributed by atoms with Crippen molar-refractivity contribution in [1.29, 1.82) is 0 Å². The lowest BCUT2D eigenvalue weighted by molar-refractivity contribution is -0.918. The number of likely N-dealkylation sites (N-methyl/N-ethyl adjacent to an activating group) is 1. The fraction of sp³-hybridized carbons (Fsp3) is 0.920. The van der Waals surface area contributed by atoms with E-state index >= 15 is 0 Å². The van der Waals surface area contributed by atoms with Crippen LogP contribution in [0.5, 0.6) is 0 Å². The molecule has 0 aromatic heterocycles. The van der Waals surface area contributed by atoms with E-state index in [-0.39, 0.29) is 31.6 Å². The maximum Gasteiger partial charge on any atom is 0.482 e. The zero-order chi connectivity index (χ0) is 46.2. The molecule has 0 saturated carbocycles. The monoisotopic (exact) mass is 901 g/mol. The minimum absolute atomic E-state index is 0.101. The van der Waals surface area contributed by atoms with Crippen molar-refractivity contribution in [2.75, 3.05) is 40.5 Å². The molecule has 62 heavy (non-hydrogen) atoms. The van der Waals surface area contributed by atoms with Crippen molar-refractivity contribution in [3.8, 4) is 0 Å². The van der Waals surface area contributed by atoms with Crippen molar-refractivity contribution >= 4 is 20.1 Å². The van der Waals surface area contributed by atoms with E-state index in [1.165, 1.54) is 114 Å². The van der Waals surface area contributed by atoms with Crippen LogP contribution in [0.4, 0.5) is 0 Å². The molecule has 12 heteroatoms. The topological polar surface area (TPSA) is 145 Å². The quantitative estimate of drug-likeness (QED) is 0.0148. The van der Waals surface area contributed by atoms with E-state index in [9.17, 15) is 24.6 Å². The lowest BCUT2D eigenvalue weighted by Gasteiger charge is -2.61. The van der Waals surface area contributed by atoms with E-state index in [1.807, 2.05) is 41.8 Å². The highest BCUT2D eigenvalue weighted by molar-refractivity contribution is 7.52. The lowest BCUT2D eigenvalue weighted by Crippen LogP contribution is -2.65. The SMILES string of the molecule is CCCCCCCC/C=C\CCCCCCCC(=O)OC(COC(=[OH+])CCCCCCCCCCCCCCC)CO[P+]([O])([O-])OCC[N+](C)(C)C1CC(C)(C)N([O-])C(C)(C)C1. The molecular formula is C50H97N2O9P+. The molecule has 0 bridgehead atoms. The zero-order valence-electron chi connectivity index (χ0n) is 41.4. The number of rotatable bonds is 40. The lowest BCUT2D eigenvalue weighted by atomic mass is 9.77. The largest absolute Gasteiger partial charge is 0.784 e. The molecule has 1 atom stereocenters. The molecule has 1 N–H and O–H groups in total. The summed E-state index contributed by atoms with van der Waals surface area (Å²) in [6.07, 6.45) is 36.5. The van der Waals surface area contributed by atoms with Crippen LogP contribution in [-0.2, 0) is 28.2 Å². The number of carbonyl (C=O) groups excluding carboxylic acids is 2. The van der Waals surface area contributed by atoms with Gasteiger partial charge in [-0.1, -0.05) is 154 Å². The van der Waals surface area contributed by atoms with Crippen LogP contribution in [0, 0.1) is 5.21 Å². The Bertz CT molecular complexity index is 1150. The number of hydroxylamine groups is 2. The van der Waals surface area contributed by atoms with Gasteiger partial charge in [0.25, 0.3) is 0 Å². The molecule has 365 valence electrons. The van der Waals surface area contributed by atoms with Crippen LogP contribution >= 0.6 is 8.17 Å². The average molecular weight is 901 g/mol. The van der Waals surface area contributed by atoms with Crippen LogP contribution in [-0.4, -0.2) is 90.0 Å². The molecule has 1 rings (SSSR count). The number of piperidine rings is 1. The smallest absolute Gasteiger partial charge is 0.482 e. The van der Waals surface area contributed by atoms with Crippen molar-refractivity contribution < 1.29 is 42.4 Å². The predicted octanol–water partition coefficient (Wildman–Crippen LogP) is 13.0. The van der Waals surface area contributed by atoms with E-state index in [2.05, 4.69) is 26.0 Å². The third-order valence-corrected chi connectivity index (χ3v) is 13.7. The third-order valence-electron chi connectivity index (χ3n) is 12.8. The average Bonchev–Trinajstić information content (AvgIpc) is 3.20. The molecular weight excluding hydrogens is 804 g/mol. The molecule has 0 aromatic rings. The summed E-state index contributed by atoms with van der Waals surface area (Å²) in [5.41, 5.74) is -1.09. The summed E-state index contributed by atoms with van der Waals surface area (Å²) >= 11 is 0. The number of nitrogens with zero attached hydrogens (tertiary/aromatic N) is 2. The molecule has 1 saturated heterocycles. The van der Waals surface area contributed by atoms with E-state index in [4.69, 9.17) is 18.5 Å². The number of quaternary nitrogens is 1. The Kier molecular flexibility index (Phi) is 32.4. The van der Waals surface area contributed by atoms with Gasteiger partial charge in [0.05, 0.1) is 20.1 Å². The molecule has 0 amide bonds. The van der Waals surface area contributed by atoms with Gasteiger partial charge in [0.1, 0.15) is 26.2 Å². The number of hydrogen-bond acceptors (Lipinski definition) is 8. The van der Waals surface area contributed by atoms with Gasteiger partial charge in [-0.05, 0) is 66.2 Å². The van der Waals surface area contributed by atoms with E-state index in [1.54, 1.807) is 0 Å². The van der Waals surface area contributed by atoms with Gasteiger partial charge in [-0.25, -0.2) is 0 Å². The summed E-state index contributed by atoms with van der Waals surface area (Å²) in [6, 6.07) is 0.132. The van der Waals surface area contributed by atoms with Gasteiger partial charge in [0.15, 0.2) is 6.10 Å². The number of carbonyl (C=O) groups is 1. The van der Waals surface area contributed by atoms with Crippen LogP contribution in [0.3, 0.4) is 0 Å². The maximum atomic E-state index is 12.9. The highest BCUT2D eigenvalue weighted by atomic mass is 31.2.